The first kappa shape index (κ1) is 13.8. The molecule has 3 N–H and O–H groups in total. The molecule has 2 unspecified atom stereocenters. The predicted molar refractivity (Wildman–Crippen MR) is 66.8 cm³/mol. The van der Waals surface area contributed by atoms with Gasteiger partial charge in [-0.2, -0.15) is 0 Å². The number of hydrogen-bond donors (Lipinski definition) is 2. The van der Waals surface area contributed by atoms with Crippen molar-refractivity contribution >= 4 is 11.7 Å². The summed E-state index contributed by atoms with van der Waals surface area (Å²) >= 11 is 0. The SMILES string of the molecule is CC(C)C(C(=O)N1CCCCC1C)C(N)=NO. The van der Waals surface area contributed by atoms with E-state index in [1.54, 1.807) is 0 Å². The van der Waals surface area contributed by atoms with Gasteiger partial charge < -0.3 is 15.8 Å². The summed E-state index contributed by atoms with van der Waals surface area (Å²) in [7, 11) is 0. The lowest BCUT2D eigenvalue weighted by Crippen LogP contribution is -2.49. The Labute approximate surface area is 103 Å². The summed E-state index contributed by atoms with van der Waals surface area (Å²) in [6.07, 6.45) is 3.24. The summed E-state index contributed by atoms with van der Waals surface area (Å²) in [4.78, 5) is 14.3. The molecule has 0 aromatic heterocycles. The average molecular weight is 241 g/mol. The Kier molecular flexibility index (Phi) is 4.78. The zero-order valence-corrected chi connectivity index (χ0v) is 10.9. The summed E-state index contributed by atoms with van der Waals surface area (Å²) in [6, 6.07) is 0.254. The van der Waals surface area contributed by atoms with E-state index in [2.05, 4.69) is 12.1 Å². The maximum Gasteiger partial charge on any atom is 0.233 e. The Morgan fingerprint density at radius 3 is 2.59 bits per heavy atom. The van der Waals surface area contributed by atoms with E-state index in [9.17, 15) is 4.79 Å². The van der Waals surface area contributed by atoms with Crippen molar-refractivity contribution in [1.29, 1.82) is 0 Å². The lowest BCUT2D eigenvalue weighted by molar-refractivity contribution is -0.137. The van der Waals surface area contributed by atoms with E-state index in [1.165, 1.54) is 6.42 Å². The molecule has 1 amide bonds. The highest BCUT2D eigenvalue weighted by Gasteiger charge is 2.33. The minimum atomic E-state index is -0.513. The number of carbonyl (C=O) groups is 1. The van der Waals surface area contributed by atoms with Crippen LogP contribution in [0.4, 0.5) is 0 Å². The predicted octanol–water partition coefficient (Wildman–Crippen LogP) is 1.41. The van der Waals surface area contributed by atoms with Crippen molar-refractivity contribution in [2.24, 2.45) is 22.7 Å². The second-order valence-corrected chi connectivity index (χ2v) is 5.12. The maximum atomic E-state index is 12.4. The monoisotopic (exact) mass is 241 g/mol. The second-order valence-electron chi connectivity index (χ2n) is 5.12. The molecule has 5 heteroatoms. The van der Waals surface area contributed by atoms with E-state index >= 15 is 0 Å². The maximum absolute atomic E-state index is 12.4. The highest BCUT2D eigenvalue weighted by Crippen LogP contribution is 2.22. The summed E-state index contributed by atoms with van der Waals surface area (Å²) < 4.78 is 0. The summed E-state index contributed by atoms with van der Waals surface area (Å²) in [5.41, 5.74) is 5.62. The Hall–Kier alpha value is -1.26. The minimum absolute atomic E-state index is 0.0116. The van der Waals surface area contributed by atoms with Crippen molar-refractivity contribution in [1.82, 2.24) is 4.90 Å². The third-order valence-corrected chi connectivity index (χ3v) is 3.45. The third-order valence-electron chi connectivity index (χ3n) is 3.45. The van der Waals surface area contributed by atoms with E-state index < -0.39 is 5.92 Å². The van der Waals surface area contributed by atoms with Crippen molar-refractivity contribution in [3.05, 3.63) is 0 Å². The normalized spacial score (nSPS) is 23.9. The number of likely N-dealkylation sites (tertiary alicyclic amines) is 1. The first-order chi connectivity index (χ1) is 7.99. The summed E-state index contributed by atoms with van der Waals surface area (Å²) in [5.74, 6) is -0.474. The van der Waals surface area contributed by atoms with Gasteiger partial charge in [0.15, 0.2) is 5.84 Å². The molecular weight excluding hydrogens is 218 g/mol. The zero-order chi connectivity index (χ0) is 13.0. The van der Waals surface area contributed by atoms with Gasteiger partial charge in [-0.3, -0.25) is 4.79 Å². The number of piperidine rings is 1. The van der Waals surface area contributed by atoms with Crippen LogP contribution in [0.5, 0.6) is 0 Å². The molecule has 2 atom stereocenters. The van der Waals surface area contributed by atoms with E-state index in [4.69, 9.17) is 10.9 Å². The molecule has 17 heavy (non-hydrogen) atoms. The highest BCUT2D eigenvalue weighted by atomic mass is 16.4. The Morgan fingerprint density at radius 2 is 2.12 bits per heavy atom. The van der Waals surface area contributed by atoms with E-state index in [0.717, 1.165) is 19.4 Å². The largest absolute Gasteiger partial charge is 0.409 e. The van der Waals surface area contributed by atoms with Crippen LogP contribution in [0.1, 0.15) is 40.0 Å². The number of oxime groups is 1. The molecule has 0 radical (unpaired) electrons. The van der Waals surface area contributed by atoms with Crippen LogP contribution in [0.15, 0.2) is 5.16 Å². The van der Waals surface area contributed by atoms with Crippen LogP contribution in [0.2, 0.25) is 0 Å². The van der Waals surface area contributed by atoms with Crippen LogP contribution in [0.25, 0.3) is 0 Å². The molecule has 0 spiro atoms. The second kappa shape index (κ2) is 5.89. The smallest absolute Gasteiger partial charge is 0.233 e. The fourth-order valence-corrected chi connectivity index (χ4v) is 2.42. The van der Waals surface area contributed by atoms with Crippen molar-refractivity contribution in [3.8, 4) is 0 Å². The standard InChI is InChI=1S/C12H23N3O2/c1-8(2)10(11(13)14-17)12(16)15-7-5-4-6-9(15)3/h8-10,17H,4-7H2,1-3H3,(H2,13,14). The fraction of sp³-hybridized carbons (Fsp3) is 0.833. The number of nitrogens with two attached hydrogens (primary N) is 1. The number of rotatable bonds is 3. The average Bonchev–Trinajstić information content (AvgIpc) is 2.28. The van der Waals surface area contributed by atoms with Crippen molar-refractivity contribution in [2.45, 2.75) is 46.1 Å². The summed E-state index contributed by atoms with van der Waals surface area (Å²) in [5, 5.41) is 11.8. The number of nitrogens with zero attached hydrogens (tertiary/aromatic N) is 2. The first-order valence-electron chi connectivity index (χ1n) is 6.27. The fourth-order valence-electron chi connectivity index (χ4n) is 2.42. The van der Waals surface area contributed by atoms with Gasteiger partial charge in [-0.1, -0.05) is 19.0 Å². The molecule has 98 valence electrons. The molecule has 1 rings (SSSR count). The van der Waals surface area contributed by atoms with Crippen LogP contribution in [-0.4, -0.2) is 34.4 Å². The highest BCUT2D eigenvalue weighted by molar-refractivity contribution is 6.02. The van der Waals surface area contributed by atoms with Gasteiger partial charge in [0.25, 0.3) is 0 Å². The van der Waals surface area contributed by atoms with Gasteiger partial charge in [0.2, 0.25) is 5.91 Å². The van der Waals surface area contributed by atoms with E-state index in [0.29, 0.717) is 0 Å². The van der Waals surface area contributed by atoms with Crippen LogP contribution in [0, 0.1) is 11.8 Å². The summed E-state index contributed by atoms with van der Waals surface area (Å²) in [6.45, 7) is 6.66. The van der Waals surface area contributed by atoms with Gasteiger partial charge in [0.1, 0.15) is 5.92 Å². The van der Waals surface area contributed by atoms with Crippen molar-refractivity contribution in [2.75, 3.05) is 6.54 Å². The van der Waals surface area contributed by atoms with Crippen LogP contribution in [-0.2, 0) is 4.79 Å². The van der Waals surface area contributed by atoms with Crippen LogP contribution < -0.4 is 5.73 Å². The molecule has 0 bridgehead atoms. The quantitative estimate of drug-likeness (QED) is 0.339. The molecule has 1 saturated heterocycles. The molecule has 1 aliphatic heterocycles. The van der Waals surface area contributed by atoms with E-state index in [-0.39, 0.29) is 23.7 Å². The Balaban J connectivity index is 2.84. The molecule has 1 aliphatic rings. The van der Waals surface area contributed by atoms with Gasteiger partial charge in [-0.15, -0.1) is 0 Å². The lowest BCUT2D eigenvalue weighted by atomic mass is 9.91. The van der Waals surface area contributed by atoms with Gasteiger partial charge in [-0.05, 0) is 32.1 Å². The topological polar surface area (TPSA) is 78.9 Å². The minimum Gasteiger partial charge on any atom is -0.409 e. The number of hydrogen-bond acceptors (Lipinski definition) is 3. The van der Waals surface area contributed by atoms with Gasteiger partial charge in [0, 0.05) is 12.6 Å². The zero-order valence-electron chi connectivity index (χ0n) is 10.9. The molecule has 1 heterocycles. The molecule has 0 aliphatic carbocycles. The third kappa shape index (κ3) is 3.11. The van der Waals surface area contributed by atoms with E-state index in [1.807, 2.05) is 18.7 Å². The molecule has 0 saturated carbocycles. The van der Waals surface area contributed by atoms with Gasteiger partial charge >= 0.3 is 0 Å². The van der Waals surface area contributed by atoms with Crippen molar-refractivity contribution < 1.29 is 10.0 Å². The number of amidine groups is 1. The van der Waals surface area contributed by atoms with Gasteiger partial charge in [0.05, 0.1) is 0 Å². The van der Waals surface area contributed by atoms with Crippen LogP contribution >= 0.6 is 0 Å². The molecule has 0 aromatic rings. The molecule has 1 fully saturated rings. The molecule has 5 nitrogen and oxygen atoms in total. The van der Waals surface area contributed by atoms with Gasteiger partial charge in [-0.25, -0.2) is 0 Å². The van der Waals surface area contributed by atoms with Crippen LogP contribution in [0.3, 0.4) is 0 Å². The molecular formula is C12H23N3O2. The molecule has 0 aromatic carbocycles. The number of carbonyl (C=O) groups excluding carboxylic acids is 1. The number of amides is 1. The first-order valence-corrected chi connectivity index (χ1v) is 6.27. The lowest BCUT2D eigenvalue weighted by Gasteiger charge is -2.36. The Morgan fingerprint density at radius 1 is 1.47 bits per heavy atom. The van der Waals surface area contributed by atoms with Crippen molar-refractivity contribution in [3.63, 3.8) is 0 Å². The Bertz CT molecular complexity index is 302.